The van der Waals surface area contributed by atoms with Gasteiger partial charge in [0, 0.05) is 10.2 Å². The van der Waals surface area contributed by atoms with Gasteiger partial charge < -0.3 is 10.5 Å². The Morgan fingerprint density at radius 1 is 1.64 bits per heavy atom. The van der Waals surface area contributed by atoms with Gasteiger partial charge in [0.05, 0.1) is 17.2 Å². The third-order valence-corrected chi connectivity index (χ3v) is 2.58. The van der Waals surface area contributed by atoms with Gasteiger partial charge in [0.15, 0.2) is 0 Å². The molecule has 5 heteroatoms. The number of carbonyl (C=O) groups is 1. The number of esters is 1. The number of halogens is 2. The second kappa shape index (κ2) is 4.66. The van der Waals surface area contributed by atoms with Crippen LogP contribution >= 0.6 is 27.5 Å². The van der Waals surface area contributed by atoms with Crippen LogP contribution in [0.5, 0.6) is 0 Å². The lowest BCUT2D eigenvalue weighted by Gasteiger charge is -2.06. The van der Waals surface area contributed by atoms with Gasteiger partial charge in [-0.2, -0.15) is 0 Å². The molecular weight excluding hydrogens is 269 g/mol. The minimum absolute atomic E-state index is 0.286. The Hall–Kier alpha value is -0.740. The number of hydrogen-bond acceptors (Lipinski definition) is 3. The standard InChI is InChI=1S/C9H9BrClNO2/c1-2-14-9(13)5-3-8(12)6(10)4-7(5)11/h3-4H,2,12H2,1H3. The summed E-state index contributed by atoms with van der Waals surface area (Å²) in [6, 6.07) is 3.06. The van der Waals surface area contributed by atoms with E-state index < -0.39 is 5.97 Å². The third kappa shape index (κ3) is 2.39. The Kier molecular flexibility index (Phi) is 3.77. The van der Waals surface area contributed by atoms with Crippen LogP contribution in [0, 0.1) is 0 Å². The summed E-state index contributed by atoms with van der Waals surface area (Å²) in [5.41, 5.74) is 6.35. The van der Waals surface area contributed by atoms with E-state index in [0.717, 1.165) is 0 Å². The number of nitrogen functional groups attached to an aromatic ring is 1. The lowest BCUT2D eigenvalue weighted by molar-refractivity contribution is 0.0526. The average Bonchev–Trinajstić information content (AvgIpc) is 2.11. The van der Waals surface area contributed by atoms with Crippen molar-refractivity contribution < 1.29 is 9.53 Å². The minimum atomic E-state index is -0.461. The van der Waals surface area contributed by atoms with Crippen LogP contribution in [0.2, 0.25) is 5.02 Å². The molecule has 14 heavy (non-hydrogen) atoms. The van der Waals surface area contributed by atoms with E-state index in [1.807, 2.05) is 0 Å². The predicted octanol–water partition coefficient (Wildman–Crippen LogP) is 2.86. The molecule has 0 saturated carbocycles. The van der Waals surface area contributed by atoms with Crippen LogP contribution in [0.4, 0.5) is 5.69 Å². The molecule has 0 radical (unpaired) electrons. The van der Waals surface area contributed by atoms with E-state index in [1.165, 1.54) is 6.07 Å². The van der Waals surface area contributed by atoms with Gasteiger partial charge in [-0.3, -0.25) is 0 Å². The van der Waals surface area contributed by atoms with E-state index in [-0.39, 0.29) is 5.56 Å². The van der Waals surface area contributed by atoms with Gasteiger partial charge in [0.2, 0.25) is 0 Å². The zero-order valence-electron chi connectivity index (χ0n) is 7.51. The van der Waals surface area contributed by atoms with Gasteiger partial charge in [0.25, 0.3) is 0 Å². The summed E-state index contributed by atoms with van der Waals surface area (Å²) < 4.78 is 5.47. The first-order valence-electron chi connectivity index (χ1n) is 3.98. The summed E-state index contributed by atoms with van der Waals surface area (Å²) in [4.78, 5) is 11.4. The largest absolute Gasteiger partial charge is 0.462 e. The normalized spacial score (nSPS) is 9.93. The molecule has 0 spiro atoms. The van der Waals surface area contributed by atoms with Crippen LogP contribution in [-0.4, -0.2) is 12.6 Å². The fourth-order valence-electron chi connectivity index (χ4n) is 0.931. The molecule has 0 atom stereocenters. The highest BCUT2D eigenvalue weighted by Crippen LogP contribution is 2.27. The molecule has 0 aliphatic carbocycles. The summed E-state index contributed by atoms with van der Waals surface area (Å²) in [7, 11) is 0. The maximum atomic E-state index is 11.4. The number of rotatable bonds is 2. The Labute approximate surface area is 95.3 Å². The fraction of sp³-hybridized carbons (Fsp3) is 0.222. The highest BCUT2D eigenvalue weighted by molar-refractivity contribution is 9.10. The Balaban J connectivity index is 3.09. The van der Waals surface area contributed by atoms with Gasteiger partial charge in [-0.1, -0.05) is 11.6 Å². The molecule has 76 valence electrons. The topological polar surface area (TPSA) is 52.3 Å². The monoisotopic (exact) mass is 277 g/mol. The summed E-state index contributed by atoms with van der Waals surface area (Å²) in [6.45, 7) is 2.04. The van der Waals surface area contributed by atoms with E-state index in [9.17, 15) is 4.79 Å². The summed E-state index contributed by atoms with van der Waals surface area (Å²) in [5.74, 6) is -0.461. The molecule has 1 aromatic carbocycles. The van der Waals surface area contributed by atoms with Crippen molar-refractivity contribution in [2.45, 2.75) is 6.92 Å². The third-order valence-electron chi connectivity index (χ3n) is 1.58. The van der Waals surface area contributed by atoms with Crippen LogP contribution in [0.1, 0.15) is 17.3 Å². The Morgan fingerprint density at radius 2 is 2.29 bits per heavy atom. The maximum Gasteiger partial charge on any atom is 0.339 e. The van der Waals surface area contributed by atoms with E-state index in [0.29, 0.717) is 21.8 Å². The van der Waals surface area contributed by atoms with Crippen molar-refractivity contribution in [1.29, 1.82) is 0 Å². The quantitative estimate of drug-likeness (QED) is 0.668. The molecule has 0 aliphatic rings. The average molecular weight is 279 g/mol. The molecule has 1 rings (SSSR count). The van der Waals surface area contributed by atoms with Crippen molar-refractivity contribution in [2.75, 3.05) is 12.3 Å². The van der Waals surface area contributed by atoms with Crippen LogP contribution in [0.25, 0.3) is 0 Å². The SMILES string of the molecule is CCOC(=O)c1cc(N)c(Br)cc1Cl. The van der Waals surface area contributed by atoms with Gasteiger partial charge in [-0.15, -0.1) is 0 Å². The van der Waals surface area contributed by atoms with Crippen molar-refractivity contribution in [3.63, 3.8) is 0 Å². The minimum Gasteiger partial charge on any atom is -0.462 e. The number of carbonyl (C=O) groups excluding carboxylic acids is 1. The molecule has 3 nitrogen and oxygen atoms in total. The molecule has 0 unspecified atom stereocenters. The van der Waals surface area contributed by atoms with Crippen LogP contribution in [0.15, 0.2) is 16.6 Å². The molecule has 0 saturated heterocycles. The van der Waals surface area contributed by atoms with E-state index in [1.54, 1.807) is 13.0 Å². The van der Waals surface area contributed by atoms with Gasteiger partial charge in [-0.25, -0.2) is 4.79 Å². The van der Waals surface area contributed by atoms with Crippen molar-refractivity contribution >= 4 is 39.2 Å². The van der Waals surface area contributed by atoms with Gasteiger partial charge >= 0.3 is 5.97 Å². The first kappa shape index (κ1) is 11.3. The number of hydrogen-bond donors (Lipinski definition) is 1. The first-order chi connectivity index (χ1) is 6.56. The first-order valence-corrected chi connectivity index (χ1v) is 5.15. The van der Waals surface area contributed by atoms with Gasteiger partial charge in [-0.05, 0) is 35.0 Å². The molecular formula is C9H9BrClNO2. The highest BCUT2D eigenvalue weighted by Gasteiger charge is 2.13. The fourth-order valence-corrected chi connectivity index (χ4v) is 1.65. The van der Waals surface area contributed by atoms with Crippen LogP contribution in [0.3, 0.4) is 0 Å². The maximum absolute atomic E-state index is 11.4. The molecule has 0 bridgehead atoms. The molecule has 2 N–H and O–H groups in total. The zero-order chi connectivity index (χ0) is 10.7. The molecule has 0 aromatic heterocycles. The highest BCUT2D eigenvalue weighted by atomic mass is 79.9. The molecule has 1 aromatic rings. The molecule has 0 aliphatic heterocycles. The smallest absolute Gasteiger partial charge is 0.339 e. The Morgan fingerprint density at radius 3 is 2.86 bits per heavy atom. The number of anilines is 1. The van der Waals surface area contributed by atoms with Crippen molar-refractivity contribution in [1.82, 2.24) is 0 Å². The second-order valence-corrected chi connectivity index (χ2v) is 3.84. The van der Waals surface area contributed by atoms with E-state index >= 15 is 0 Å². The summed E-state index contributed by atoms with van der Waals surface area (Å²) >= 11 is 9.05. The van der Waals surface area contributed by atoms with Crippen molar-refractivity contribution in [3.8, 4) is 0 Å². The van der Waals surface area contributed by atoms with Crippen molar-refractivity contribution in [3.05, 3.63) is 27.2 Å². The second-order valence-electron chi connectivity index (χ2n) is 2.57. The lowest BCUT2D eigenvalue weighted by atomic mass is 10.2. The number of benzene rings is 1. The van der Waals surface area contributed by atoms with Crippen LogP contribution < -0.4 is 5.73 Å². The summed E-state index contributed by atoms with van der Waals surface area (Å²) in [5, 5.41) is 0.324. The summed E-state index contributed by atoms with van der Waals surface area (Å²) in [6.07, 6.45) is 0. The molecule has 0 amide bonds. The number of ether oxygens (including phenoxy) is 1. The zero-order valence-corrected chi connectivity index (χ0v) is 9.85. The Bertz CT molecular complexity index is 368. The van der Waals surface area contributed by atoms with Gasteiger partial charge in [0.1, 0.15) is 0 Å². The molecule has 0 heterocycles. The van der Waals surface area contributed by atoms with E-state index in [4.69, 9.17) is 22.1 Å². The lowest BCUT2D eigenvalue weighted by Crippen LogP contribution is -2.06. The van der Waals surface area contributed by atoms with Crippen LogP contribution in [-0.2, 0) is 4.74 Å². The van der Waals surface area contributed by atoms with E-state index in [2.05, 4.69) is 15.9 Å². The number of nitrogens with two attached hydrogens (primary N) is 1. The predicted molar refractivity (Wildman–Crippen MR) is 59.5 cm³/mol. The van der Waals surface area contributed by atoms with Crippen molar-refractivity contribution in [2.24, 2.45) is 0 Å². The molecule has 0 fully saturated rings.